The molecule has 0 heterocycles. The smallest absolute Gasteiger partial charge is 0.411 e. The topological polar surface area (TPSA) is 119 Å². The Labute approximate surface area is 140 Å². The summed E-state index contributed by atoms with van der Waals surface area (Å²) in [4.78, 5) is 32.2. The summed E-state index contributed by atoms with van der Waals surface area (Å²) >= 11 is 0. The van der Waals surface area contributed by atoms with E-state index in [0.29, 0.717) is 12.8 Å². The summed E-state index contributed by atoms with van der Waals surface area (Å²) < 4.78 is 4.99. The van der Waals surface area contributed by atoms with Crippen molar-refractivity contribution in [1.29, 1.82) is 0 Å². The van der Waals surface area contributed by atoms with Gasteiger partial charge in [-0.05, 0) is 18.9 Å². The summed E-state index contributed by atoms with van der Waals surface area (Å²) in [7, 11) is 0. The van der Waals surface area contributed by atoms with E-state index in [0.717, 1.165) is 25.7 Å². The van der Waals surface area contributed by atoms with Crippen molar-refractivity contribution in [2.24, 2.45) is 0 Å². The minimum absolute atomic E-state index is 0.103. The molecular weight excluding hydrogens is 316 g/mol. The highest BCUT2D eigenvalue weighted by molar-refractivity contribution is 5.87. The van der Waals surface area contributed by atoms with E-state index in [1.165, 1.54) is 18.2 Å². The molecule has 0 aliphatic rings. The number of nitro groups is 1. The molecule has 132 valence electrons. The first-order chi connectivity index (χ1) is 11.5. The van der Waals surface area contributed by atoms with E-state index in [9.17, 15) is 19.7 Å². The quantitative estimate of drug-likeness (QED) is 0.358. The van der Waals surface area contributed by atoms with E-state index < -0.39 is 17.0 Å². The molecule has 0 unspecified atom stereocenters. The number of carbonyl (C=O) groups is 2. The molecule has 0 aliphatic carbocycles. The predicted molar refractivity (Wildman–Crippen MR) is 88.0 cm³/mol. The second-order valence-corrected chi connectivity index (χ2v) is 5.30. The molecule has 0 aromatic heterocycles. The summed E-state index contributed by atoms with van der Waals surface area (Å²) in [5.74, 6) is -0.770. The van der Waals surface area contributed by atoms with E-state index in [2.05, 4.69) is 5.32 Å². The number of rotatable bonds is 11. The molecule has 24 heavy (non-hydrogen) atoms. The highest BCUT2D eigenvalue weighted by Gasteiger charge is 2.14. The molecule has 0 radical (unpaired) electrons. The van der Waals surface area contributed by atoms with Crippen LogP contribution in [0.25, 0.3) is 0 Å². The minimum atomic E-state index is -0.770. The SMILES string of the molecule is O=C(O)CCCCCCCCOC(=O)Nc1ccccc1[N+](=O)[O-]. The summed E-state index contributed by atoms with van der Waals surface area (Å²) in [5.41, 5.74) is -0.0817. The normalized spacial score (nSPS) is 10.2. The summed E-state index contributed by atoms with van der Waals surface area (Å²) in [6.45, 7) is 0.238. The number of para-hydroxylation sites is 2. The van der Waals surface area contributed by atoms with Gasteiger partial charge in [-0.2, -0.15) is 0 Å². The minimum Gasteiger partial charge on any atom is -0.481 e. The fraction of sp³-hybridized carbons (Fsp3) is 0.500. The molecule has 8 nitrogen and oxygen atoms in total. The maximum atomic E-state index is 11.6. The average Bonchev–Trinajstić information content (AvgIpc) is 2.53. The highest BCUT2D eigenvalue weighted by atomic mass is 16.6. The van der Waals surface area contributed by atoms with E-state index in [1.54, 1.807) is 6.07 Å². The Morgan fingerprint density at radius 2 is 1.71 bits per heavy atom. The van der Waals surface area contributed by atoms with Crippen molar-refractivity contribution in [3.63, 3.8) is 0 Å². The number of nitrogens with zero attached hydrogens (tertiary/aromatic N) is 1. The van der Waals surface area contributed by atoms with Gasteiger partial charge in [-0.3, -0.25) is 20.2 Å². The molecule has 0 fully saturated rings. The number of nitrogens with one attached hydrogen (secondary N) is 1. The van der Waals surface area contributed by atoms with Crippen LogP contribution in [-0.4, -0.2) is 28.7 Å². The van der Waals surface area contributed by atoms with Gasteiger partial charge in [0.2, 0.25) is 0 Å². The summed E-state index contributed by atoms with van der Waals surface area (Å²) in [6, 6.07) is 5.86. The number of nitro benzene ring substituents is 1. The molecule has 8 heteroatoms. The standard InChI is InChI=1S/C16H22N2O6/c19-15(20)11-5-3-1-2-4-8-12-24-16(21)17-13-9-6-7-10-14(13)18(22)23/h6-7,9-10H,1-5,8,11-12H2,(H,17,21)(H,19,20). The Balaban J connectivity index is 2.13. The van der Waals surface area contributed by atoms with Crippen LogP contribution in [0.4, 0.5) is 16.2 Å². The number of hydrogen-bond donors (Lipinski definition) is 2. The maximum Gasteiger partial charge on any atom is 0.411 e. The summed E-state index contributed by atoms with van der Waals surface area (Å²) in [5, 5.41) is 21.7. The predicted octanol–water partition coefficient (Wildman–Crippen LogP) is 3.96. The number of unbranched alkanes of at least 4 members (excludes halogenated alkanes) is 5. The second kappa shape index (κ2) is 11.0. The zero-order valence-corrected chi connectivity index (χ0v) is 13.4. The third kappa shape index (κ3) is 8.11. The van der Waals surface area contributed by atoms with Gasteiger partial charge in [0.15, 0.2) is 0 Å². The Kier molecular flexibility index (Phi) is 8.88. The van der Waals surface area contributed by atoms with Crippen LogP contribution in [0.5, 0.6) is 0 Å². The Morgan fingerprint density at radius 3 is 2.38 bits per heavy atom. The van der Waals surface area contributed by atoms with E-state index in [1.807, 2.05) is 0 Å². The molecule has 0 aliphatic heterocycles. The van der Waals surface area contributed by atoms with Crippen LogP contribution in [-0.2, 0) is 9.53 Å². The summed E-state index contributed by atoms with van der Waals surface area (Å²) in [6.07, 6.45) is 4.54. The van der Waals surface area contributed by atoms with Gasteiger partial charge in [0.05, 0.1) is 11.5 Å². The number of amides is 1. The first kappa shape index (κ1) is 19.4. The van der Waals surface area contributed by atoms with Gasteiger partial charge < -0.3 is 9.84 Å². The molecule has 1 rings (SSSR count). The average molecular weight is 338 g/mol. The van der Waals surface area contributed by atoms with Gasteiger partial charge in [-0.1, -0.05) is 37.8 Å². The van der Waals surface area contributed by atoms with Crippen molar-refractivity contribution in [2.45, 2.75) is 44.9 Å². The van der Waals surface area contributed by atoms with Gasteiger partial charge in [0.1, 0.15) is 5.69 Å². The lowest BCUT2D eigenvalue weighted by Gasteiger charge is -2.07. The number of carbonyl (C=O) groups excluding carboxylic acids is 1. The monoisotopic (exact) mass is 338 g/mol. The van der Waals surface area contributed by atoms with Crippen molar-refractivity contribution in [1.82, 2.24) is 0 Å². The van der Waals surface area contributed by atoms with Crippen molar-refractivity contribution < 1.29 is 24.4 Å². The maximum absolute atomic E-state index is 11.6. The molecule has 1 aromatic rings. The Hall–Kier alpha value is -2.64. The van der Waals surface area contributed by atoms with Crippen LogP contribution in [0, 0.1) is 10.1 Å². The van der Waals surface area contributed by atoms with Crippen molar-refractivity contribution >= 4 is 23.4 Å². The number of aliphatic carboxylic acids is 1. The van der Waals surface area contributed by atoms with Crippen molar-refractivity contribution in [3.8, 4) is 0 Å². The largest absolute Gasteiger partial charge is 0.481 e. The van der Waals surface area contributed by atoms with Gasteiger partial charge in [0.25, 0.3) is 5.69 Å². The van der Waals surface area contributed by atoms with Gasteiger partial charge in [-0.25, -0.2) is 4.79 Å². The van der Waals surface area contributed by atoms with Crippen LogP contribution in [0.15, 0.2) is 24.3 Å². The molecular formula is C16H22N2O6. The molecule has 0 atom stereocenters. The Morgan fingerprint density at radius 1 is 1.08 bits per heavy atom. The number of hydrogen-bond acceptors (Lipinski definition) is 5. The second-order valence-electron chi connectivity index (χ2n) is 5.30. The van der Waals surface area contributed by atoms with E-state index >= 15 is 0 Å². The third-order valence-corrected chi connectivity index (χ3v) is 3.36. The Bertz CT molecular complexity index is 561. The fourth-order valence-electron chi connectivity index (χ4n) is 2.13. The number of anilines is 1. The lowest BCUT2D eigenvalue weighted by molar-refractivity contribution is -0.383. The van der Waals surface area contributed by atoms with Crippen LogP contribution in [0.3, 0.4) is 0 Å². The van der Waals surface area contributed by atoms with Gasteiger partial charge in [-0.15, -0.1) is 0 Å². The van der Waals surface area contributed by atoms with Crippen LogP contribution < -0.4 is 5.32 Å². The molecule has 1 amide bonds. The van der Waals surface area contributed by atoms with Crippen molar-refractivity contribution in [2.75, 3.05) is 11.9 Å². The lowest BCUT2D eigenvalue weighted by Crippen LogP contribution is -2.15. The van der Waals surface area contributed by atoms with Gasteiger partial charge in [0, 0.05) is 12.5 Å². The van der Waals surface area contributed by atoms with Crippen molar-refractivity contribution in [3.05, 3.63) is 34.4 Å². The van der Waals surface area contributed by atoms with E-state index in [-0.39, 0.29) is 24.4 Å². The van der Waals surface area contributed by atoms with E-state index in [4.69, 9.17) is 9.84 Å². The molecule has 0 saturated carbocycles. The molecule has 2 N–H and O–H groups in total. The van der Waals surface area contributed by atoms with Crippen LogP contribution in [0.1, 0.15) is 44.9 Å². The van der Waals surface area contributed by atoms with Gasteiger partial charge >= 0.3 is 12.1 Å². The zero-order valence-electron chi connectivity index (χ0n) is 13.4. The number of ether oxygens (including phenoxy) is 1. The molecule has 1 aromatic carbocycles. The highest BCUT2D eigenvalue weighted by Crippen LogP contribution is 2.23. The molecule has 0 saturated heterocycles. The number of carboxylic acids is 1. The first-order valence-electron chi connectivity index (χ1n) is 7.89. The number of carboxylic acid groups (broad SMARTS) is 1. The molecule has 0 spiro atoms. The van der Waals surface area contributed by atoms with Crippen LogP contribution in [0.2, 0.25) is 0 Å². The fourth-order valence-corrected chi connectivity index (χ4v) is 2.13. The lowest BCUT2D eigenvalue weighted by atomic mass is 10.1. The molecule has 0 bridgehead atoms. The zero-order chi connectivity index (χ0) is 17.8. The third-order valence-electron chi connectivity index (χ3n) is 3.36. The van der Waals surface area contributed by atoms with Crippen LogP contribution >= 0.6 is 0 Å². The first-order valence-corrected chi connectivity index (χ1v) is 7.89. The number of benzene rings is 1.